The van der Waals surface area contributed by atoms with Gasteiger partial charge in [0.05, 0.1) is 11.6 Å². The highest BCUT2D eigenvalue weighted by molar-refractivity contribution is 7.19. The SMILES string of the molecule is Cc1ccc(-c2nc(CCl)nc3sc4c(c23)CCC4)cc1. The Bertz CT molecular complexity index is 821. The van der Waals surface area contributed by atoms with Crippen LogP contribution in [0.4, 0.5) is 0 Å². The molecule has 0 aliphatic heterocycles. The topological polar surface area (TPSA) is 25.8 Å². The van der Waals surface area contributed by atoms with Crippen LogP contribution in [-0.4, -0.2) is 9.97 Å². The normalized spacial score (nSPS) is 13.8. The minimum atomic E-state index is 0.359. The second kappa shape index (κ2) is 5.08. The van der Waals surface area contributed by atoms with Crippen molar-refractivity contribution in [3.8, 4) is 11.3 Å². The van der Waals surface area contributed by atoms with Crippen molar-refractivity contribution in [2.75, 3.05) is 0 Å². The molecule has 0 saturated carbocycles. The summed E-state index contributed by atoms with van der Waals surface area (Å²) < 4.78 is 0. The Morgan fingerprint density at radius 1 is 1.14 bits per heavy atom. The number of fused-ring (bicyclic) bond motifs is 3. The number of halogens is 1. The molecular weight excluding hydrogens is 300 g/mol. The first-order valence-corrected chi connectivity index (χ1v) is 8.55. The zero-order chi connectivity index (χ0) is 14.4. The third-order valence-corrected chi connectivity index (χ3v) is 5.48. The van der Waals surface area contributed by atoms with E-state index in [0.717, 1.165) is 28.3 Å². The summed E-state index contributed by atoms with van der Waals surface area (Å²) in [4.78, 5) is 12.0. The van der Waals surface area contributed by atoms with E-state index in [0.29, 0.717) is 5.88 Å². The average Bonchev–Trinajstić information content (AvgIpc) is 3.07. The Balaban J connectivity index is 2.03. The molecule has 0 amide bonds. The number of hydrogen-bond donors (Lipinski definition) is 0. The molecule has 4 rings (SSSR count). The van der Waals surface area contributed by atoms with E-state index in [1.54, 1.807) is 0 Å². The zero-order valence-corrected chi connectivity index (χ0v) is 13.4. The molecule has 2 heterocycles. The lowest BCUT2D eigenvalue weighted by Crippen LogP contribution is -1.96. The molecule has 1 aromatic carbocycles. The summed E-state index contributed by atoms with van der Waals surface area (Å²) in [5.74, 6) is 1.08. The van der Waals surface area contributed by atoms with Crippen LogP contribution in [0.3, 0.4) is 0 Å². The highest BCUT2D eigenvalue weighted by atomic mass is 35.5. The number of thiophene rings is 1. The van der Waals surface area contributed by atoms with Crippen molar-refractivity contribution in [3.05, 3.63) is 46.1 Å². The first kappa shape index (κ1) is 13.2. The molecule has 0 fully saturated rings. The van der Waals surface area contributed by atoms with Gasteiger partial charge in [-0.2, -0.15) is 0 Å². The molecule has 0 spiro atoms. The van der Waals surface area contributed by atoms with Gasteiger partial charge in [-0.25, -0.2) is 9.97 Å². The summed E-state index contributed by atoms with van der Waals surface area (Å²) in [7, 11) is 0. The van der Waals surface area contributed by atoms with Crippen LogP contribution in [0.25, 0.3) is 21.5 Å². The number of aromatic nitrogens is 2. The van der Waals surface area contributed by atoms with Crippen LogP contribution in [-0.2, 0) is 18.7 Å². The first-order valence-electron chi connectivity index (χ1n) is 7.20. The van der Waals surface area contributed by atoms with Crippen LogP contribution in [0.1, 0.15) is 28.2 Å². The van der Waals surface area contributed by atoms with Gasteiger partial charge in [-0.05, 0) is 31.7 Å². The molecule has 3 aromatic rings. The molecule has 21 heavy (non-hydrogen) atoms. The predicted octanol–water partition coefficient (Wildman–Crippen LogP) is 4.89. The Labute approximate surface area is 132 Å². The quantitative estimate of drug-likeness (QED) is 0.629. The van der Waals surface area contributed by atoms with Crippen LogP contribution in [0.15, 0.2) is 24.3 Å². The molecule has 2 nitrogen and oxygen atoms in total. The predicted molar refractivity (Wildman–Crippen MR) is 89.2 cm³/mol. The molecule has 2 aromatic heterocycles. The fourth-order valence-corrected chi connectivity index (χ4v) is 4.42. The first-order chi connectivity index (χ1) is 10.3. The molecule has 0 atom stereocenters. The van der Waals surface area contributed by atoms with Gasteiger partial charge < -0.3 is 0 Å². The largest absolute Gasteiger partial charge is 0.231 e. The van der Waals surface area contributed by atoms with Crippen molar-refractivity contribution in [1.82, 2.24) is 9.97 Å². The molecule has 106 valence electrons. The molecule has 1 aliphatic rings. The number of hydrogen-bond acceptors (Lipinski definition) is 3. The molecule has 0 unspecified atom stereocenters. The van der Waals surface area contributed by atoms with E-state index in [2.05, 4.69) is 36.2 Å². The van der Waals surface area contributed by atoms with Gasteiger partial charge in [-0.15, -0.1) is 22.9 Å². The maximum atomic E-state index is 5.99. The number of rotatable bonds is 2. The summed E-state index contributed by atoms with van der Waals surface area (Å²) in [5.41, 5.74) is 4.94. The maximum absolute atomic E-state index is 5.99. The van der Waals surface area contributed by atoms with Gasteiger partial charge in [-0.3, -0.25) is 0 Å². The summed E-state index contributed by atoms with van der Waals surface area (Å²) >= 11 is 7.80. The molecule has 0 saturated heterocycles. The monoisotopic (exact) mass is 314 g/mol. The van der Waals surface area contributed by atoms with Gasteiger partial charge in [0.2, 0.25) is 0 Å². The fraction of sp³-hybridized carbons (Fsp3) is 0.294. The highest BCUT2D eigenvalue weighted by Gasteiger charge is 2.22. The van der Waals surface area contributed by atoms with Crippen LogP contribution in [0, 0.1) is 6.92 Å². The van der Waals surface area contributed by atoms with E-state index in [1.165, 1.54) is 34.2 Å². The van der Waals surface area contributed by atoms with Gasteiger partial charge in [-0.1, -0.05) is 29.8 Å². The molecule has 4 heteroatoms. The number of alkyl halides is 1. The minimum Gasteiger partial charge on any atom is -0.231 e. The molecule has 0 radical (unpaired) electrons. The smallest absolute Gasteiger partial charge is 0.145 e. The third kappa shape index (κ3) is 2.16. The summed E-state index contributed by atoms with van der Waals surface area (Å²) in [6, 6.07) is 8.56. The zero-order valence-electron chi connectivity index (χ0n) is 11.8. The van der Waals surface area contributed by atoms with E-state index in [1.807, 2.05) is 11.3 Å². The molecule has 0 bridgehead atoms. The third-order valence-electron chi connectivity index (χ3n) is 4.06. The standard InChI is InChI=1S/C17H15ClN2S/c1-10-5-7-11(8-6-10)16-15-12-3-2-4-13(12)21-17(15)20-14(9-18)19-16/h5-8H,2-4,9H2,1H3. The van der Waals surface area contributed by atoms with Gasteiger partial charge in [0.15, 0.2) is 0 Å². The molecule has 0 N–H and O–H groups in total. The van der Waals surface area contributed by atoms with E-state index < -0.39 is 0 Å². The lowest BCUT2D eigenvalue weighted by Gasteiger charge is -2.07. The molecule has 1 aliphatic carbocycles. The van der Waals surface area contributed by atoms with Crippen molar-refractivity contribution in [2.24, 2.45) is 0 Å². The lowest BCUT2D eigenvalue weighted by atomic mass is 10.0. The van der Waals surface area contributed by atoms with Gasteiger partial charge in [0.25, 0.3) is 0 Å². The van der Waals surface area contributed by atoms with E-state index in [4.69, 9.17) is 16.6 Å². The lowest BCUT2D eigenvalue weighted by molar-refractivity contribution is 0.916. The highest BCUT2D eigenvalue weighted by Crippen LogP contribution is 2.40. The Hall–Kier alpha value is -1.45. The van der Waals surface area contributed by atoms with Crippen LogP contribution >= 0.6 is 22.9 Å². The van der Waals surface area contributed by atoms with E-state index in [-0.39, 0.29) is 0 Å². The maximum Gasteiger partial charge on any atom is 0.145 e. The summed E-state index contributed by atoms with van der Waals surface area (Å²) in [5, 5.41) is 1.25. The summed E-state index contributed by atoms with van der Waals surface area (Å²) in [6.07, 6.45) is 3.58. The van der Waals surface area contributed by atoms with Gasteiger partial charge >= 0.3 is 0 Å². The van der Waals surface area contributed by atoms with Crippen LogP contribution in [0.5, 0.6) is 0 Å². The second-order valence-corrected chi connectivity index (χ2v) is 6.88. The Morgan fingerprint density at radius 3 is 2.71 bits per heavy atom. The van der Waals surface area contributed by atoms with Crippen molar-refractivity contribution in [1.29, 1.82) is 0 Å². The number of benzene rings is 1. The molecular formula is C17H15ClN2S. The van der Waals surface area contributed by atoms with E-state index in [9.17, 15) is 0 Å². The Morgan fingerprint density at radius 2 is 1.95 bits per heavy atom. The van der Waals surface area contributed by atoms with Crippen molar-refractivity contribution in [2.45, 2.75) is 32.1 Å². The number of aryl methyl sites for hydroxylation is 3. The van der Waals surface area contributed by atoms with E-state index >= 15 is 0 Å². The van der Waals surface area contributed by atoms with Crippen LogP contribution in [0.2, 0.25) is 0 Å². The second-order valence-electron chi connectivity index (χ2n) is 5.53. The van der Waals surface area contributed by atoms with Crippen molar-refractivity contribution in [3.63, 3.8) is 0 Å². The Kier molecular flexibility index (Phi) is 3.20. The fourth-order valence-electron chi connectivity index (χ4n) is 3.02. The van der Waals surface area contributed by atoms with Gasteiger partial charge in [0, 0.05) is 15.8 Å². The van der Waals surface area contributed by atoms with Gasteiger partial charge in [0.1, 0.15) is 10.7 Å². The van der Waals surface area contributed by atoms with Crippen LogP contribution < -0.4 is 0 Å². The minimum absolute atomic E-state index is 0.359. The number of nitrogens with zero attached hydrogens (tertiary/aromatic N) is 2. The summed E-state index contributed by atoms with van der Waals surface area (Å²) in [6.45, 7) is 2.10. The van der Waals surface area contributed by atoms with Crippen molar-refractivity contribution < 1.29 is 0 Å². The average molecular weight is 315 g/mol. The van der Waals surface area contributed by atoms with Crippen molar-refractivity contribution >= 4 is 33.2 Å².